The van der Waals surface area contributed by atoms with Crippen molar-refractivity contribution in [1.82, 2.24) is 5.32 Å². The highest BCUT2D eigenvalue weighted by atomic mass is 32.2. The Kier molecular flexibility index (Phi) is 5.59. The van der Waals surface area contributed by atoms with Crippen molar-refractivity contribution in [3.05, 3.63) is 33.9 Å². The maximum atomic E-state index is 12.2. The van der Waals surface area contributed by atoms with E-state index in [-0.39, 0.29) is 29.1 Å². The molecule has 0 saturated heterocycles. The van der Waals surface area contributed by atoms with Crippen molar-refractivity contribution in [3.63, 3.8) is 0 Å². The summed E-state index contributed by atoms with van der Waals surface area (Å²) in [7, 11) is 0. The first-order valence-corrected chi connectivity index (χ1v) is 8.51. The maximum Gasteiger partial charge on any atom is 0.306 e. The van der Waals surface area contributed by atoms with Gasteiger partial charge in [0.1, 0.15) is 0 Å². The Hall–Kier alpha value is -2.09. The van der Waals surface area contributed by atoms with Crippen LogP contribution >= 0.6 is 11.8 Å². The summed E-state index contributed by atoms with van der Waals surface area (Å²) in [5.74, 6) is -1.50. The first-order valence-electron chi connectivity index (χ1n) is 7.28. The number of carbonyl (C=O) groups excluding carboxylic acids is 1. The summed E-state index contributed by atoms with van der Waals surface area (Å²) in [6.45, 7) is 0. The molecule has 0 aromatic heterocycles. The second-order valence-electron chi connectivity index (χ2n) is 5.50. The van der Waals surface area contributed by atoms with Gasteiger partial charge in [0.15, 0.2) is 0 Å². The third kappa shape index (κ3) is 4.22. The molecule has 1 aliphatic rings. The van der Waals surface area contributed by atoms with E-state index in [1.54, 1.807) is 18.4 Å². The molecule has 0 radical (unpaired) electrons. The molecule has 0 atom stereocenters. The van der Waals surface area contributed by atoms with Crippen LogP contribution in [0.3, 0.4) is 0 Å². The number of aliphatic carboxylic acids is 1. The lowest BCUT2D eigenvalue weighted by Crippen LogP contribution is -2.38. The van der Waals surface area contributed by atoms with Gasteiger partial charge in [0.2, 0.25) is 0 Å². The van der Waals surface area contributed by atoms with Crippen molar-refractivity contribution in [2.75, 3.05) is 6.26 Å². The molecule has 0 aliphatic heterocycles. The zero-order valence-corrected chi connectivity index (χ0v) is 13.5. The monoisotopic (exact) mass is 338 g/mol. The molecule has 124 valence electrons. The Balaban J connectivity index is 2.03. The molecule has 7 nitrogen and oxygen atoms in total. The molecule has 1 saturated carbocycles. The van der Waals surface area contributed by atoms with Crippen molar-refractivity contribution in [1.29, 1.82) is 0 Å². The highest BCUT2D eigenvalue weighted by molar-refractivity contribution is 7.98. The van der Waals surface area contributed by atoms with Crippen molar-refractivity contribution in [2.45, 2.75) is 36.6 Å². The topological polar surface area (TPSA) is 110 Å². The smallest absolute Gasteiger partial charge is 0.306 e. The number of rotatable bonds is 5. The fourth-order valence-electron chi connectivity index (χ4n) is 2.73. The van der Waals surface area contributed by atoms with Gasteiger partial charge in [0.05, 0.1) is 15.7 Å². The molecule has 1 aromatic carbocycles. The van der Waals surface area contributed by atoms with Crippen LogP contribution in [-0.2, 0) is 4.79 Å². The molecule has 0 bridgehead atoms. The van der Waals surface area contributed by atoms with Gasteiger partial charge < -0.3 is 10.4 Å². The minimum atomic E-state index is -0.793. The van der Waals surface area contributed by atoms with Gasteiger partial charge >= 0.3 is 5.97 Å². The number of nitro groups is 1. The molecule has 1 amide bonds. The fourth-order valence-corrected chi connectivity index (χ4v) is 3.27. The number of nitrogens with zero attached hydrogens (tertiary/aromatic N) is 1. The molecule has 1 fully saturated rings. The first kappa shape index (κ1) is 17.3. The van der Waals surface area contributed by atoms with E-state index >= 15 is 0 Å². The van der Waals surface area contributed by atoms with Gasteiger partial charge in [0, 0.05) is 17.7 Å². The minimum absolute atomic E-state index is 0.0836. The normalized spacial score (nSPS) is 20.7. The first-order chi connectivity index (χ1) is 10.9. The lowest BCUT2D eigenvalue weighted by molar-refractivity contribution is -0.387. The highest BCUT2D eigenvalue weighted by Crippen LogP contribution is 2.29. The number of benzene rings is 1. The van der Waals surface area contributed by atoms with Crippen LogP contribution in [0.5, 0.6) is 0 Å². The molecule has 0 unspecified atom stereocenters. The van der Waals surface area contributed by atoms with Gasteiger partial charge in [-0.05, 0) is 44.1 Å². The molecule has 1 aliphatic carbocycles. The Morgan fingerprint density at radius 2 is 1.96 bits per heavy atom. The van der Waals surface area contributed by atoms with E-state index in [2.05, 4.69) is 5.32 Å². The lowest BCUT2D eigenvalue weighted by Gasteiger charge is -2.26. The predicted octanol–water partition coefficient (Wildman–Crippen LogP) is 2.69. The average molecular weight is 338 g/mol. The standard InChI is InChI=1S/C15H18N2O5S/c1-23-13-7-4-10(8-12(13)17(21)22)14(18)16-11-5-2-9(3-6-11)15(19)20/h4,7-9,11H,2-3,5-6H2,1H3,(H,16,18)(H,19,20). The largest absolute Gasteiger partial charge is 0.481 e. The van der Waals surface area contributed by atoms with Crippen molar-refractivity contribution in [2.24, 2.45) is 5.92 Å². The van der Waals surface area contributed by atoms with Gasteiger partial charge in [-0.3, -0.25) is 19.7 Å². The molecule has 0 spiro atoms. The van der Waals surface area contributed by atoms with Crippen LogP contribution in [0.2, 0.25) is 0 Å². The number of carbonyl (C=O) groups is 2. The average Bonchev–Trinajstić information content (AvgIpc) is 2.54. The molecule has 2 N–H and O–H groups in total. The highest BCUT2D eigenvalue weighted by Gasteiger charge is 2.27. The van der Waals surface area contributed by atoms with Gasteiger partial charge in [-0.2, -0.15) is 0 Å². The molecular formula is C15H18N2O5S. The number of carboxylic acids is 1. The quantitative estimate of drug-likeness (QED) is 0.485. The van der Waals surface area contributed by atoms with E-state index < -0.39 is 10.9 Å². The van der Waals surface area contributed by atoms with Crippen LogP contribution < -0.4 is 5.32 Å². The number of hydrogen-bond acceptors (Lipinski definition) is 5. The zero-order valence-electron chi connectivity index (χ0n) is 12.7. The van der Waals surface area contributed by atoms with Crippen LogP contribution in [0, 0.1) is 16.0 Å². The van der Waals surface area contributed by atoms with E-state index in [0.29, 0.717) is 30.6 Å². The van der Waals surface area contributed by atoms with Crippen LogP contribution in [0.1, 0.15) is 36.0 Å². The van der Waals surface area contributed by atoms with Crippen LogP contribution in [-0.4, -0.2) is 34.2 Å². The molecule has 8 heteroatoms. The van der Waals surface area contributed by atoms with Crippen molar-refractivity contribution >= 4 is 29.3 Å². The van der Waals surface area contributed by atoms with Crippen molar-refractivity contribution < 1.29 is 19.6 Å². The van der Waals surface area contributed by atoms with E-state index in [0.717, 1.165) is 0 Å². The number of nitro benzene ring substituents is 1. The molecule has 0 heterocycles. The summed E-state index contributed by atoms with van der Waals surface area (Å²) in [5.41, 5.74) is 0.162. The van der Waals surface area contributed by atoms with Crippen LogP contribution in [0.4, 0.5) is 5.69 Å². The zero-order chi connectivity index (χ0) is 17.0. The Labute approximate surface area is 137 Å². The number of amides is 1. The summed E-state index contributed by atoms with van der Waals surface area (Å²) in [6.07, 6.45) is 4.02. The molecule has 1 aromatic rings. The summed E-state index contributed by atoms with van der Waals surface area (Å²) >= 11 is 1.25. The van der Waals surface area contributed by atoms with Gasteiger partial charge in [-0.15, -0.1) is 11.8 Å². The predicted molar refractivity (Wildman–Crippen MR) is 85.7 cm³/mol. The number of thioether (sulfide) groups is 1. The molecular weight excluding hydrogens is 320 g/mol. The Morgan fingerprint density at radius 1 is 1.30 bits per heavy atom. The Bertz CT molecular complexity index is 626. The second kappa shape index (κ2) is 7.45. The Morgan fingerprint density at radius 3 is 2.48 bits per heavy atom. The van der Waals surface area contributed by atoms with Crippen LogP contribution in [0.15, 0.2) is 23.1 Å². The van der Waals surface area contributed by atoms with Crippen molar-refractivity contribution in [3.8, 4) is 0 Å². The third-order valence-corrected chi connectivity index (χ3v) is 4.83. The summed E-state index contributed by atoms with van der Waals surface area (Å²) < 4.78 is 0. The SMILES string of the molecule is CSc1ccc(C(=O)NC2CCC(C(=O)O)CC2)cc1[N+](=O)[O-]. The van der Waals surface area contributed by atoms with E-state index in [1.807, 2.05) is 0 Å². The summed E-state index contributed by atoms with van der Waals surface area (Å²) in [6, 6.07) is 4.33. The molecule has 2 rings (SSSR count). The second-order valence-corrected chi connectivity index (χ2v) is 6.35. The fraction of sp³-hybridized carbons (Fsp3) is 0.467. The van der Waals surface area contributed by atoms with Gasteiger partial charge in [-0.1, -0.05) is 0 Å². The molecule has 23 heavy (non-hydrogen) atoms. The van der Waals surface area contributed by atoms with E-state index in [4.69, 9.17) is 5.11 Å². The van der Waals surface area contributed by atoms with E-state index in [1.165, 1.54) is 17.8 Å². The summed E-state index contributed by atoms with van der Waals surface area (Å²) in [5, 5.41) is 22.9. The van der Waals surface area contributed by atoms with E-state index in [9.17, 15) is 19.7 Å². The lowest BCUT2D eigenvalue weighted by atomic mass is 9.86. The van der Waals surface area contributed by atoms with Gasteiger partial charge in [-0.25, -0.2) is 0 Å². The number of hydrogen-bond donors (Lipinski definition) is 2. The summed E-state index contributed by atoms with van der Waals surface area (Å²) in [4.78, 5) is 34.2. The minimum Gasteiger partial charge on any atom is -0.481 e. The third-order valence-electron chi connectivity index (χ3n) is 4.05. The number of carboxylic acid groups (broad SMARTS) is 1. The maximum absolute atomic E-state index is 12.2. The number of nitrogens with one attached hydrogen (secondary N) is 1. The van der Waals surface area contributed by atoms with Gasteiger partial charge in [0.25, 0.3) is 11.6 Å². The van der Waals surface area contributed by atoms with Crippen LogP contribution in [0.25, 0.3) is 0 Å².